The van der Waals surface area contributed by atoms with E-state index in [2.05, 4.69) is 0 Å². The summed E-state index contributed by atoms with van der Waals surface area (Å²) >= 11 is 0. The maximum Gasteiger partial charge on any atom is 0.363 e. The van der Waals surface area contributed by atoms with Crippen LogP contribution in [0, 0.1) is 13.8 Å². The van der Waals surface area contributed by atoms with E-state index in [1.54, 1.807) is 13.8 Å². The molecular weight excluding hydrogens is 496 g/mol. The van der Waals surface area contributed by atoms with Gasteiger partial charge in [0, 0.05) is 23.6 Å². The number of benzene rings is 4. The fourth-order valence-electron chi connectivity index (χ4n) is 4.96. The Bertz CT molecular complexity index is 1830. The number of amides is 2. The smallest absolute Gasteiger partial charge is 0.363 e. The van der Waals surface area contributed by atoms with Crippen molar-refractivity contribution < 1.29 is 28.8 Å². The van der Waals surface area contributed by atoms with Crippen molar-refractivity contribution in [2.24, 2.45) is 0 Å². The minimum atomic E-state index is -0.847. The first kappa shape index (κ1) is 24.2. The molecule has 0 spiro atoms. The Labute approximate surface area is 222 Å². The first-order valence-corrected chi connectivity index (χ1v) is 12.4. The van der Waals surface area contributed by atoms with Crippen LogP contribution in [0.5, 0.6) is 5.75 Å². The van der Waals surface area contributed by atoms with Gasteiger partial charge in [-0.1, -0.05) is 42.5 Å². The summed E-state index contributed by atoms with van der Waals surface area (Å²) < 4.78 is 5.96. The zero-order valence-electron chi connectivity index (χ0n) is 21.2. The Morgan fingerprint density at radius 2 is 1.36 bits per heavy atom. The largest absolute Gasteiger partial charge is 0.422 e. The Morgan fingerprint density at radius 3 is 2.05 bits per heavy atom. The van der Waals surface area contributed by atoms with Crippen LogP contribution < -0.4 is 4.74 Å². The van der Waals surface area contributed by atoms with E-state index >= 15 is 0 Å². The van der Waals surface area contributed by atoms with Crippen molar-refractivity contribution in [3.05, 3.63) is 95.1 Å². The predicted octanol–water partition coefficient (Wildman–Crippen LogP) is 5.60. The van der Waals surface area contributed by atoms with Crippen molar-refractivity contribution in [1.82, 2.24) is 10.0 Å². The molecule has 0 unspecified atom stereocenters. The number of pyridine rings is 1. The lowest BCUT2D eigenvalue weighted by Crippen LogP contribution is -2.32. The molecule has 0 atom stereocenters. The van der Waals surface area contributed by atoms with Crippen LogP contribution in [-0.4, -0.2) is 33.8 Å². The summed E-state index contributed by atoms with van der Waals surface area (Å²) in [6.45, 7) is 3.41. The van der Waals surface area contributed by atoms with Crippen molar-refractivity contribution >= 4 is 56.3 Å². The number of carbonyl (C=O) groups is 4. The lowest BCUT2D eigenvalue weighted by Gasteiger charge is -2.16. The molecule has 1 fully saturated rings. The molecule has 0 aliphatic carbocycles. The average molecular weight is 519 g/mol. The highest BCUT2D eigenvalue weighted by atomic mass is 16.7. The first-order valence-electron chi connectivity index (χ1n) is 12.4. The van der Waals surface area contributed by atoms with E-state index in [9.17, 15) is 19.2 Å². The topological polar surface area (TPSA) is 103 Å². The zero-order valence-corrected chi connectivity index (χ0v) is 21.2. The van der Waals surface area contributed by atoms with Crippen LogP contribution in [-0.2, 0) is 14.4 Å². The highest BCUT2D eigenvalue weighted by molar-refractivity contribution is 6.17. The van der Waals surface area contributed by atoms with Crippen molar-refractivity contribution in [2.45, 2.75) is 26.7 Å². The van der Waals surface area contributed by atoms with Gasteiger partial charge in [-0.2, -0.15) is 0 Å². The average Bonchev–Trinajstić information content (AvgIpc) is 3.24. The van der Waals surface area contributed by atoms with Gasteiger partial charge < -0.3 is 9.57 Å². The van der Waals surface area contributed by atoms with Gasteiger partial charge in [0.2, 0.25) is 0 Å². The number of ether oxygens (including phenoxy) is 1. The molecule has 2 amide bonds. The van der Waals surface area contributed by atoms with E-state index in [0.29, 0.717) is 49.3 Å². The number of carbonyl (C=O) groups excluding carboxylic acids is 4. The number of rotatable bonds is 4. The minimum Gasteiger partial charge on any atom is -0.422 e. The molecule has 39 heavy (non-hydrogen) atoms. The molecule has 1 aliphatic heterocycles. The van der Waals surface area contributed by atoms with Gasteiger partial charge in [0.05, 0.1) is 22.2 Å². The van der Waals surface area contributed by atoms with Crippen LogP contribution >= 0.6 is 0 Å². The van der Waals surface area contributed by atoms with Gasteiger partial charge >= 0.3 is 11.9 Å². The molecule has 0 saturated carbocycles. The molecule has 0 N–H and O–H groups in total. The van der Waals surface area contributed by atoms with Crippen LogP contribution in [0.25, 0.3) is 32.6 Å². The van der Waals surface area contributed by atoms with Crippen molar-refractivity contribution in [2.75, 3.05) is 0 Å². The molecule has 4 aromatic carbocycles. The third kappa shape index (κ3) is 4.25. The molecule has 0 bridgehead atoms. The fourth-order valence-corrected chi connectivity index (χ4v) is 4.96. The molecule has 5 aromatic rings. The molecule has 1 aliphatic rings. The molecule has 6 rings (SSSR count). The SMILES string of the molecule is Cc1cc(C(=O)ON2C(=O)CCC2=O)cc(C)c1OC(=O)c1c2ccccc2nc2cc3ccccc3cc12. The van der Waals surface area contributed by atoms with Gasteiger partial charge in [-0.05, 0) is 66.1 Å². The van der Waals surface area contributed by atoms with Gasteiger partial charge in [-0.15, -0.1) is 5.06 Å². The van der Waals surface area contributed by atoms with Crippen molar-refractivity contribution in [1.29, 1.82) is 0 Å². The quantitative estimate of drug-likeness (QED) is 0.132. The molecular formula is C31H22N2O6. The van der Waals surface area contributed by atoms with Gasteiger partial charge in [0.15, 0.2) is 0 Å². The molecule has 8 heteroatoms. The second kappa shape index (κ2) is 9.33. The summed E-state index contributed by atoms with van der Waals surface area (Å²) in [6.07, 6.45) is 0.0143. The maximum atomic E-state index is 13.8. The van der Waals surface area contributed by atoms with E-state index in [4.69, 9.17) is 14.6 Å². The van der Waals surface area contributed by atoms with Crippen LogP contribution in [0.3, 0.4) is 0 Å². The molecule has 1 saturated heterocycles. The number of imide groups is 1. The molecule has 1 aromatic heterocycles. The van der Waals surface area contributed by atoms with Gasteiger partial charge in [-0.25, -0.2) is 14.6 Å². The molecule has 8 nitrogen and oxygen atoms in total. The summed E-state index contributed by atoms with van der Waals surface area (Å²) in [5, 5.41) is 3.83. The molecule has 2 heterocycles. The number of hydroxylamine groups is 2. The summed E-state index contributed by atoms with van der Waals surface area (Å²) in [5.41, 5.74) is 2.91. The number of nitrogens with zero attached hydrogens (tertiary/aromatic N) is 2. The van der Waals surface area contributed by atoms with Crippen LogP contribution in [0.15, 0.2) is 72.8 Å². The van der Waals surface area contributed by atoms with E-state index in [-0.39, 0.29) is 18.4 Å². The highest BCUT2D eigenvalue weighted by Crippen LogP contribution is 2.32. The van der Waals surface area contributed by atoms with Crippen molar-refractivity contribution in [3.8, 4) is 5.75 Å². The fraction of sp³-hybridized carbons (Fsp3) is 0.129. The summed E-state index contributed by atoms with van der Waals surface area (Å²) in [7, 11) is 0. The third-order valence-electron chi connectivity index (χ3n) is 6.82. The maximum absolute atomic E-state index is 13.8. The monoisotopic (exact) mass is 518 g/mol. The Balaban J connectivity index is 1.38. The predicted molar refractivity (Wildman–Crippen MR) is 144 cm³/mol. The summed E-state index contributed by atoms with van der Waals surface area (Å²) in [4.78, 5) is 59.9. The minimum absolute atomic E-state index is 0.00717. The molecule has 192 valence electrons. The number of hydrogen-bond donors (Lipinski definition) is 0. The summed E-state index contributed by atoms with van der Waals surface area (Å²) in [6, 6.07) is 22.2. The van der Waals surface area contributed by atoms with Gasteiger partial charge in [0.1, 0.15) is 5.75 Å². The number of aromatic nitrogens is 1. The number of fused-ring (bicyclic) bond motifs is 3. The van der Waals surface area contributed by atoms with E-state index in [1.165, 1.54) is 12.1 Å². The van der Waals surface area contributed by atoms with Crippen LogP contribution in [0.2, 0.25) is 0 Å². The lowest BCUT2D eigenvalue weighted by atomic mass is 9.99. The summed E-state index contributed by atoms with van der Waals surface area (Å²) in [5.74, 6) is -2.21. The Kier molecular flexibility index (Phi) is 5.80. The Hall–Kier alpha value is -5.11. The first-order chi connectivity index (χ1) is 18.8. The normalized spacial score (nSPS) is 13.4. The number of hydrogen-bond acceptors (Lipinski definition) is 7. The standard InChI is InChI=1S/C31H22N2O6/c1-17-13-21(30(36)39-33-26(34)11-12-27(33)35)14-18(2)29(17)38-31(37)28-22-9-5-6-10-24(22)32-25-16-20-8-4-3-7-19(20)15-23(25)28/h3-10,13-16H,11-12H2,1-2H3. The third-order valence-corrected chi connectivity index (χ3v) is 6.82. The van der Waals surface area contributed by atoms with Crippen molar-refractivity contribution in [3.63, 3.8) is 0 Å². The number of esters is 1. The Morgan fingerprint density at radius 1 is 0.744 bits per heavy atom. The van der Waals surface area contributed by atoms with Crippen LogP contribution in [0.4, 0.5) is 0 Å². The second-order valence-electron chi connectivity index (χ2n) is 9.51. The number of aryl methyl sites for hydroxylation is 2. The highest BCUT2D eigenvalue weighted by Gasteiger charge is 2.33. The lowest BCUT2D eigenvalue weighted by molar-refractivity contribution is -0.172. The zero-order chi connectivity index (χ0) is 27.3. The van der Waals surface area contributed by atoms with Crippen LogP contribution in [0.1, 0.15) is 44.7 Å². The number of para-hydroxylation sites is 1. The molecule has 0 radical (unpaired) electrons. The second-order valence-corrected chi connectivity index (χ2v) is 9.51. The van der Waals surface area contributed by atoms with E-state index < -0.39 is 23.8 Å². The van der Waals surface area contributed by atoms with E-state index in [0.717, 1.165) is 10.8 Å². The van der Waals surface area contributed by atoms with E-state index in [1.807, 2.05) is 60.7 Å². The van der Waals surface area contributed by atoms with Gasteiger partial charge in [-0.3, -0.25) is 9.59 Å². The van der Waals surface area contributed by atoms with Gasteiger partial charge in [0.25, 0.3) is 11.8 Å².